The highest BCUT2D eigenvalue weighted by Crippen LogP contribution is 2.22. The average molecular weight is 329 g/mol. The summed E-state index contributed by atoms with van der Waals surface area (Å²) in [5.41, 5.74) is 9.26. The van der Waals surface area contributed by atoms with Gasteiger partial charge in [0.25, 0.3) is 10.0 Å². The molecule has 0 aliphatic carbocycles. The molecule has 1 aromatic carbocycles. The number of fused-ring (bicyclic) bond motifs is 1. The number of aryl methyl sites for hydroxylation is 1. The molecular weight excluding hydrogens is 314 g/mol. The molecule has 1 N–H and O–H groups in total. The van der Waals surface area contributed by atoms with E-state index in [1.807, 2.05) is 6.92 Å². The van der Waals surface area contributed by atoms with Gasteiger partial charge in [0.2, 0.25) is 0 Å². The van der Waals surface area contributed by atoms with Gasteiger partial charge >= 0.3 is 0 Å². The van der Waals surface area contributed by atoms with Gasteiger partial charge in [0.05, 0.1) is 16.8 Å². The summed E-state index contributed by atoms with van der Waals surface area (Å²) in [5.74, 6) is 0. The van der Waals surface area contributed by atoms with E-state index in [9.17, 15) is 8.42 Å². The van der Waals surface area contributed by atoms with Crippen LogP contribution in [0.4, 0.5) is 0 Å². The van der Waals surface area contributed by atoms with Crippen LogP contribution in [0.5, 0.6) is 0 Å². The third kappa shape index (κ3) is 2.61. The van der Waals surface area contributed by atoms with Gasteiger partial charge in [0.1, 0.15) is 11.6 Å². The molecule has 2 aromatic heterocycles. The van der Waals surface area contributed by atoms with Crippen LogP contribution < -0.4 is 0 Å². The number of hydrogen-bond donors (Lipinski definition) is 1. The Morgan fingerprint density at radius 3 is 2.57 bits per heavy atom. The lowest BCUT2D eigenvalue weighted by atomic mass is 10.2. The van der Waals surface area contributed by atoms with Crippen molar-refractivity contribution in [3.8, 4) is 0 Å². The summed E-state index contributed by atoms with van der Waals surface area (Å²) in [6.07, 6.45) is 2.89. The second-order valence-corrected chi connectivity index (χ2v) is 7.05. The molecule has 0 radical (unpaired) electrons. The zero-order valence-corrected chi connectivity index (χ0v) is 13.4. The minimum Gasteiger partial charge on any atom is -0.245 e. The van der Waals surface area contributed by atoms with E-state index in [2.05, 4.69) is 15.1 Å². The fraction of sp³-hybridized carbons (Fsp3) is 0.200. The lowest BCUT2D eigenvalue weighted by Crippen LogP contribution is -2.12. The van der Waals surface area contributed by atoms with Crippen LogP contribution in [0.25, 0.3) is 11.2 Å². The lowest BCUT2D eigenvalue weighted by Gasteiger charge is -2.08. The molecule has 0 saturated heterocycles. The Labute approximate surface area is 133 Å². The third-order valence-electron chi connectivity index (χ3n) is 3.57. The van der Waals surface area contributed by atoms with Crippen molar-refractivity contribution in [2.75, 3.05) is 0 Å². The van der Waals surface area contributed by atoms with Crippen molar-refractivity contribution in [3.05, 3.63) is 54.0 Å². The maximum atomic E-state index is 12.7. The van der Waals surface area contributed by atoms with Crippen LogP contribution in [0.3, 0.4) is 0 Å². The van der Waals surface area contributed by atoms with Gasteiger partial charge in [-0.2, -0.15) is 5.11 Å². The fourth-order valence-corrected chi connectivity index (χ4v) is 3.48. The highest BCUT2D eigenvalue weighted by atomic mass is 32.2. The van der Waals surface area contributed by atoms with E-state index in [-0.39, 0.29) is 10.5 Å². The van der Waals surface area contributed by atoms with Gasteiger partial charge in [-0.1, -0.05) is 17.7 Å². The van der Waals surface area contributed by atoms with Crippen molar-refractivity contribution in [3.63, 3.8) is 0 Å². The molecule has 0 aliphatic heterocycles. The normalized spacial score (nSPS) is 13.1. The molecule has 0 saturated carbocycles. The highest BCUT2D eigenvalue weighted by Gasteiger charge is 2.20. The van der Waals surface area contributed by atoms with Gasteiger partial charge in [0.15, 0.2) is 5.65 Å². The summed E-state index contributed by atoms with van der Waals surface area (Å²) >= 11 is 0. The van der Waals surface area contributed by atoms with Crippen molar-refractivity contribution in [1.29, 1.82) is 5.53 Å². The van der Waals surface area contributed by atoms with Gasteiger partial charge in [-0.25, -0.2) is 27.9 Å². The van der Waals surface area contributed by atoms with E-state index < -0.39 is 16.1 Å². The van der Waals surface area contributed by atoms with Gasteiger partial charge < -0.3 is 0 Å². The summed E-state index contributed by atoms with van der Waals surface area (Å²) in [6, 6.07) is 7.82. The van der Waals surface area contributed by atoms with E-state index in [0.29, 0.717) is 11.2 Å². The highest BCUT2D eigenvalue weighted by molar-refractivity contribution is 7.90. The van der Waals surface area contributed by atoms with Crippen LogP contribution >= 0.6 is 0 Å². The lowest BCUT2D eigenvalue weighted by molar-refractivity contribution is 0.588. The molecule has 7 nitrogen and oxygen atoms in total. The van der Waals surface area contributed by atoms with Gasteiger partial charge in [-0.05, 0) is 32.0 Å². The van der Waals surface area contributed by atoms with Crippen molar-refractivity contribution >= 4 is 21.2 Å². The van der Waals surface area contributed by atoms with E-state index in [1.165, 1.54) is 12.4 Å². The molecule has 3 rings (SSSR count). The Morgan fingerprint density at radius 1 is 1.22 bits per heavy atom. The molecule has 23 heavy (non-hydrogen) atoms. The number of nitrogens with zero attached hydrogens (tertiary/aromatic N) is 4. The standard InChI is InChI=1S/C15H15N5O2S/c1-10-3-5-12(6-4-10)23(21,22)20-8-7-13-15(20)17-9-14(18-13)11(2)19-16/h3-9,11,16H,1-2H3. The second-order valence-electron chi connectivity index (χ2n) is 5.24. The predicted octanol–water partition coefficient (Wildman–Crippen LogP) is 3.07. The van der Waals surface area contributed by atoms with Gasteiger partial charge in [-0.15, -0.1) is 0 Å². The van der Waals surface area contributed by atoms with Crippen molar-refractivity contribution in [2.24, 2.45) is 5.11 Å². The molecule has 0 bridgehead atoms. The Balaban J connectivity index is 2.13. The quantitative estimate of drug-likeness (QED) is 0.743. The first-order valence-electron chi connectivity index (χ1n) is 6.96. The second kappa shape index (κ2) is 5.54. The van der Waals surface area contributed by atoms with Crippen LogP contribution in [0.15, 0.2) is 52.7 Å². The molecule has 118 valence electrons. The first-order chi connectivity index (χ1) is 10.9. The average Bonchev–Trinajstić information content (AvgIpc) is 2.98. The molecule has 1 atom stereocenters. The number of nitrogens with one attached hydrogen (secondary N) is 1. The number of benzene rings is 1. The summed E-state index contributed by atoms with van der Waals surface area (Å²) in [7, 11) is -3.72. The van der Waals surface area contributed by atoms with Crippen LogP contribution in [0, 0.1) is 12.5 Å². The molecule has 1 unspecified atom stereocenters. The predicted molar refractivity (Wildman–Crippen MR) is 84.9 cm³/mol. The SMILES string of the molecule is Cc1ccc(S(=O)(=O)n2ccc3nc(C(C)N=N)cnc32)cc1. The zero-order valence-electron chi connectivity index (χ0n) is 12.6. The Kier molecular flexibility index (Phi) is 3.69. The van der Waals surface area contributed by atoms with Crippen LogP contribution in [0.1, 0.15) is 24.2 Å². The van der Waals surface area contributed by atoms with Crippen LogP contribution in [-0.2, 0) is 10.0 Å². The molecule has 0 spiro atoms. The Morgan fingerprint density at radius 2 is 1.91 bits per heavy atom. The van der Waals surface area contributed by atoms with Crippen molar-refractivity contribution in [2.45, 2.75) is 24.8 Å². The number of rotatable bonds is 4. The van der Waals surface area contributed by atoms with Crippen molar-refractivity contribution < 1.29 is 8.42 Å². The van der Waals surface area contributed by atoms with Crippen molar-refractivity contribution in [1.82, 2.24) is 13.9 Å². The van der Waals surface area contributed by atoms with Gasteiger partial charge in [-0.3, -0.25) is 0 Å². The Bertz CT molecular complexity index is 977. The van der Waals surface area contributed by atoms with E-state index in [1.54, 1.807) is 37.3 Å². The van der Waals surface area contributed by atoms with E-state index in [0.717, 1.165) is 9.54 Å². The monoisotopic (exact) mass is 329 g/mol. The smallest absolute Gasteiger partial charge is 0.245 e. The number of hydrogen-bond acceptors (Lipinski definition) is 6. The minimum absolute atomic E-state index is 0.195. The molecule has 0 amide bonds. The first kappa shape index (κ1) is 15.3. The Hall–Kier alpha value is -2.61. The van der Waals surface area contributed by atoms with Gasteiger partial charge in [0, 0.05) is 6.20 Å². The minimum atomic E-state index is -3.72. The maximum absolute atomic E-state index is 12.7. The summed E-state index contributed by atoms with van der Waals surface area (Å²) < 4.78 is 26.6. The van der Waals surface area contributed by atoms with E-state index >= 15 is 0 Å². The zero-order chi connectivity index (χ0) is 16.6. The molecule has 3 aromatic rings. The molecule has 0 aliphatic rings. The first-order valence-corrected chi connectivity index (χ1v) is 8.40. The number of aromatic nitrogens is 3. The third-order valence-corrected chi connectivity index (χ3v) is 5.25. The molecular formula is C15H15N5O2S. The summed E-state index contributed by atoms with van der Waals surface area (Å²) in [5, 5.41) is 3.40. The largest absolute Gasteiger partial charge is 0.269 e. The topological polar surface area (TPSA) is 101 Å². The molecule has 2 heterocycles. The van der Waals surface area contributed by atoms with Crippen LogP contribution in [0.2, 0.25) is 0 Å². The summed E-state index contributed by atoms with van der Waals surface area (Å²) in [6.45, 7) is 3.62. The fourth-order valence-electron chi connectivity index (χ4n) is 2.19. The molecule has 0 fully saturated rings. The van der Waals surface area contributed by atoms with Crippen LogP contribution in [-0.4, -0.2) is 22.4 Å². The maximum Gasteiger partial charge on any atom is 0.269 e. The summed E-state index contributed by atoms with van der Waals surface area (Å²) in [4.78, 5) is 8.72. The van der Waals surface area contributed by atoms with E-state index in [4.69, 9.17) is 5.53 Å². The molecule has 8 heteroatoms.